The zero-order valence-electron chi connectivity index (χ0n) is 33.2. The predicted octanol–water partition coefficient (Wildman–Crippen LogP) is 9.84. The second kappa shape index (κ2) is 11.1. The smallest absolute Gasteiger partial charge is 0.329 e. The second-order valence-corrected chi connectivity index (χ2v) is 18.0. The topological polar surface area (TPSA) is 6.48 Å². The van der Waals surface area contributed by atoms with Crippen molar-refractivity contribution in [3.63, 3.8) is 0 Å². The molecule has 0 aromatic heterocycles. The van der Waals surface area contributed by atoms with Crippen molar-refractivity contribution in [3.05, 3.63) is 192 Å². The maximum absolute atomic E-state index is 2.69. The molecule has 0 fully saturated rings. The van der Waals surface area contributed by atoms with Crippen molar-refractivity contribution >= 4 is 69.3 Å². The number of benzene rings is 8. The van der Waals surface area contributed by atoms with Gasteiger partial charge in [-0.15, -0.1) is 0 Å². The van der Waals surface area contributed by atoms with E-state index in [9.17, 15) is 0 Å². The van der Waals surface area contributed by atoms with Crippen LogP contribution >= 0.6 is 0 Å². The number of anilines is 5. The van der Waals surface area contributed by atoms with Crippen molar-refractivity contribution < 1.29 is 0 Å². The minimum atomic E-state index is -0.166. The van der Waals surface area contributed by atoms with Crippen LogP contribution in [0, 0.1) is 0 Å². The molecule has 8 aromatic rings. The summed E-state index contributed by atoms with van der Waals surface area (Å²) in [5, 5.41) is 0. The van der Waals surface area contributed by atoms with Crippen LogP contribution < -0.4 is 37.0 Å². The molecule has 4 heteroatoms. The van der Waals surface area contributed by atoms with Crippen molar-refractivity contribution in [3.8, 4) is 33.4 Å². The summed E-state index contributed by atoms with van der Waals surface area (Å²) in [6.07, 6.45) is 0. The van der Waals surface area contributed by atoms with Gasteiger partial charge in [-0.25, -0.2) is 0 Å². The minimum absolute atomic E-state index is 0.0872. The third kappa shape index (κ3) is 3.96. The fourth-order valence-corrected chi connectivity index (χ4v) is 11.9. The summed E-state index contributed by atoms with van der Waals surface area (Å²) >= 11 is 0. The Morgan fingerprint density at radius 1 is 0.379 bits per heavy atom. The van der Waals surface area contributed by atoms with Gasteiger partial charge in [-0.3, -0.25) is 0 Å². The van der Waals surface area contributed by atoms with Crippen LogP contribution in [0.1, 0.15) is 49.9 Å². The van der Waals surface area contributed by atoms with Gasteiger partial charge in [0.1, 0.15) is 0 Å². The van der Waals surface area contributed by atoms with E-state index in [1.54, 1.807) is 0 Å². The number of hydrogen-bond donors (Lipinski definition) is 0. The van der Waals surface area contributed by atoms with Crippen LogP contribution in [0.25, 0.3) is 33.4 Å². The van der Waals surface area contributed by atoms with Crippen molar-refractivity contribution in [1.29, 1.82) is 0 Å². The number of nitrogens with zero attached hydrogens (tertiary/aromatic N) is 2. The summed E-state index contributed by atoms with van der Waals surface area (Å²) in [7, 11) is 0. The second-order valence-electron chi connectivity index (χ2n) is 18.0. The molecule has 272 valence electrons. The van der Waals surface area contributed by atoms with Crippen molar-refractivity contribution in [2.24, 2.45) is 0 Å². The Balaban J connectivity index is 1.01. The summed E-state index contributed by atoms with van der Waals surface area (Å²) < 4.78 is 0. The van der Waals surface area contributed by atoms with Crippen LogP contribution in [0.4, 0.5) is 28.4 Å². The summed E-state index contributed by atoms with van der Waals surface area (Å²) in [6.45, 7) is 9.80. The molecule has 0 saturated heterocycles. The van der Waals surface area contributed by atoms with E-state index in [4.69, 9.17) is 0 Å². The largest absolute Gasteiger partial charge is 0.377 e. The lowest BCUT2D eigenvalue weighted by Crippen LogP contribution is -2.67. The van der Waals surface area contributed by atoms with Gasteiger partial charge in [0.05, 0.1) is 11.4 Å². The van der Waals surface area contributed by atoms with E-state index >= 15 is 0 Å². The molecule has 1 aliphatic carbocycles. The van der Waals surface area contributed by atoms with Crippen LogP contribution in [-0.4, -0.2) is 13.6 Å². The van der Waals surface area contributed by atoms with Crippen molar-refractivity contribution in [2.45, 2.75) is 38.5 Å². The molecule has 2 nitrogen and oxygen atoms in total. The summed E-state index contributed by atoms with van der Waals surface area (Å²) in [5.41, 5.74) is 26.6. The van der Waals surface area contributed by atoms with Crippen LogP contribution in [-0.2, 0) is 10.8 Å². The third-order valence-electron chi connectivity index (χ3n) is 14.5. The average molecular weight is 739 g/mol. The molecule has 0 saturated carbocycles. The number of rotatable bonds is 2. The highest BCUT2D eigenvalue weighted by atomic mass is 15.2. The average Bonchev–Trinajstić information content (AvgIpc) is 3.48. The molecule has 0 bridgehead atoms. The molecule has 0 spiro atoms. The first-order valence-corrected chi connectivity index (χ1v) is 20.8. The molecule has 0 amide bonds. The molecule has 8 aromatic carbocycles. The Labute approximate surface area is 341 Å². The Hall–Kier alpha value is -6.51. The summed E-state index contributed by atoms with van der Waals surface area (Å²) in [6, 6.07) is 64.9. The molecule has 0 radical (unpaired) electrons. The van der Waals surface area contributed by atoms with Crippen LogP contribution in [0.2, 0.25) is 0 Å². The first kappa shape index (κ1) is 32.6. The van der Waals surface area contributed by atoms with Crippen molar-refractivity contribution in [2.75, 3.05) is 9.71 Å². The quantitative estimate of drug-likeness (QED) is 0.163. The maximum atomic E-state index is 2.69. The van der Waals surface area contributed by atoms with Crippen LogP contribution in [0.3, 0.4) is 0 Å². The van der Waals surface area contributed by atoms with Gasteiger partial charge in [0.2, 0.25) is 6.71 Å². The molecular formula is C54H40B2N2. The van der Waals surface area contributed by atoms with Gasteiger partial charge >= 0.3 is 6.85 Å². The lowest BCUT2D eigenvalue weighted by molar-refractivity contribution is 0.627. The van der Waals surface area contributed by atoms with Gasteiger partial charge in [-0.2, -0.15) is 0 Å². The van der Waals surface area contributed by atoms with E-state index in [1.807, 2.05) is 0 Å². The number of para-hydroxylation sites is 3. The SMILES string of the molecule is CC1(C)c2ccccc2-c2cc3c(cc21)N(c1ccc(B2c4cccc5c4N4B(c6ccccc6-5)c5ccccc5-c5cccc2c54)cc1)c1ccccc1C3(C)C. The van der Waals surface area contributed by atoms with Crippen LogP contribution in [0.15, 0.2) is 170 Å². The molecule has 58 heavy (non-hydrogen) atoms. The number of hydrogen-bond acceptors (Lipinski definition) is 2. The fourth-order valence-electron chi connectivity index (χ4n) is 11.9. The first-order valence-electron chi connectivity index (χ1n) is 20.8. The zero-order chi connectivity index (χ0) is 38.7. The predicted molar refractivity (Wildman–Crippen MR) is 246 cm³/mol. The monoisotopic (exact) mass is 738 g/mol. The highest BCUT2D eigenvalue weighted by molar-refractivity contribution is 7.01. The lowest BCUT2D eigenvalue weighted by Gasteiger charge is -2.49. The van der Waals surface area contributed by atoms with E-state index in [2.05, 4.69) is 207 Å². The highest BCUT2D eigenvalue weighted by Crippen LogP contribution is 2.57. The summed E-state index contributed by atoms with van der Waals surface area (Å²) in [4.78, 5) is 5.22. The van der Waals surface area contributed by atoms with Gasteiger partial charge in [-0.1, -0.05) is 173 Å². The highest BCUT2D eigenvalue weighted by Gasteiger charge is 2.49. The van der Waals surface area contributed by atoms with Gasteiger partial charge < -0.3 is 9.71 Å². The molecule has 13 rings (SSSR count). The Bertz CT molecular complexity index is 3000. The normalized spacial score (nSPS) is 16.1. The Kier molecular flexibility index (Phi) is 6.24. The zero-order valence-corrected chi connectivity index (χ0v) is 33.2. The third-order valence-corrected chi connectivity index (χ3v) is 14.5. The first-order chi connectivity index (χ1) is 28.3. The molecule has 0 unspecified atom stereocenters. The Morgan fingerprint density at radius 2 is 0.897 bits per heavy atom. The standard InChI is InChI=1S/C54H40B2N2/c1-53(2)41-20-8-5-15-35(41)40-31-44-50(32-43(40)53)57(49-26-12-9-21-42(49)54(44,3)4)34-29-27-33(28-30-34)55-47-24-13-18-38-36-16-6-10-22-45(36)56-46-23-11-7-17-37(46)39-19-14-25-48(55)52(39)58(56)51(38)47/h5-32H,1-4H3. The van der Waals surface area contributed by atoms with Gasteiger partial charge in [0.15, 0.2) is 0 Å². The van der Waals surface area contributed by atoms with Crippen molar-refractivity contribution in [1.82, 2.24) is 0 Å². The van der Waals surface area contributed by atoms with E-state index in [0.717, 1.165) is 0 Å². The minimum Gasteiger partial charge on any atom is -0.377 e. The van der Waals surface area contributed by atoms with E-state index in [1.165, 1.54) is 111 Å². The van der Waals surface area contributed by atoms with E-state index < -0.39 is 0 Å². The lowest BCUT2D eigenvalue weighted by atomic mass is 9.32. The number of fused-ring (bicyclic) bond motifs is 11. The Morgan fingerprint density at radius 3 is 1.55 bits per heavy atom. The molecule has 4 heterocycles. The molecule has 0 N–H and O–H groups in total. The summed E-state index contributed by atoms with van der Waals surface area (Å²) in [5.74, 6) is 0. The molecule has 0 atom stereocenters. The van der Waals surface area contributed by atoms with Gasteiger partial charge in [0.25, 0.3) is 0 Å². The van der Waals surface area contributed by atoms with Gasteiger partial charge in [-0.05, 0) is 96.7 Å². The van der Waals surface area contributed by atoms with E-state index in [0.29, 0.717) is 0 Å². The molecule has 4 aliphatic heterocycles. The van der Waals surface area contributed by atoms with Crippen LogP contribution in [0.5, 0.6) is 0 Å². The van der Waals surface area contributed by atoms with Gasteiger partial charge in [0, 0.05) is 39.0 Å². The fraction of sp³-hybridized carbons (Fsp3) is 0.111. The maximum Gasteiger partial charge on any atom is 0.329 e. The molecular weight excluding hydrogens is 698 g/mol. The molecule has 5 aliphatic rings. The van der Waals surface area contributed by atoms with E-state index in [-0.39, 0.29) is 24.4 Å².